The average molecular weight is 357 g/mol. The van der Waals surface area contributed by atoms with Crippen LogP contribution in [0.1, 0.15) is 22.3 Å². The Kier molecular flexibility index (Phi) is 4.17. The van der Waals surface area contributed by atoms with Crippen LogP contribution in [0.5, 0.6) is 5.75 Å². The van der Waals surface area contributed by atoms with E-state index in [1.54, 1.807) is 12.1 Å². The number of hydrogen-bond donors (Lipinski definition) is 1. The predicted octanol–water partition coefficient (Wildman–Crippen LogP) is 4.48. The summed E-state index contributed by atoms with van der Waals surface area (Å²) in [5.74, 6) is -1.85. The summed E-state index contributed by atoms with van der Waals surface area (Å²) in [5, 5.41) is 8.76. The zero-order valence-corrected chi connectivity index (χ0v) is 13.0. The first-order valence-corrected chi connectivity index (χ1v) is 7.61. The number of halogens is 4. The summed E-state index contributed by atoms with van der Waals surface area (Å²) in [6.45, 7) is -0.841. The summed E-state index contributed by atoms with van der Waals surface area (Å²) >= 11 is 5.88. The summed E-state index contributed by atoms with van der Waals surface area (Å²) < 4.78 is 45.3. The molecular weight excluding hydrogens is 345 g/mol. The van der Waals surface area contributed by atoms with Crippen molar-refractivity contribution in [2.24, 2.45) is 0 Å². The van der Waals surface area contributed by atoms with E-state index in [-0.39, 0.29) is 12.3 Å². The monoisotopic (exact) mass is 356 g/mol. The molecule has 0 heterocycles. The Bertz CT molecular complexity index is 815. The van der Waals surface area contributed by atoms with E-state index in [4.69, 9.17) is 21.4 Å². The third kappa shape index (κ3) is 2.82. The van der Waals surface area contributed by atoms with E-state index < -0.39 is 30.1 Å². The third-order valence-corrected chi connectivity index (χ3v) is 4.19. The lowest BCUT2D eigenvalue weighted by Crippen LogP contribution is -2.16. The van der Waals surface area contributed by atoms with Crippen molar-refractivity contribution >= 4 is 17.6 Å². The molecule has 0 unspecified atom stereocenters. The minimum absolute atomic E-state index is 0.0844. The summed E-state index contributed by atoms with van der Waals surface area (Å²) in [4.78, 5) is 10.7. The van der Waals surface area contributed by atoms with Crippen molar-refractivity contribution < 1.29 is 27.8 Å². The van der Waals surface area contributed by atoms with Gasteiger partial charge < -0.3 is 9.84 Å². The highest BCUT2D eigenvalue weighted by molar-refractivity contribution is 6.17. The molecule has 0 spiro atoms. The lowest BCUT2D eigenvalue weighted by atomic mass is 9.96. The van der Waals surface area contributed by atoms with Gasteiger partial charge in [0.25, 0.3) is 0 Å². The first kappa shape index (κ1) is 16.6. The second-order valence-corrected chi connectivity index (χ2v) is 5.68. The van der Waals surface area contributed by atoms with Gasteiger partial charge in [0.2, 0.25) is 0 Å². The van der Waals surface area contributed by atoms with Gasteiger partial charge in [0, 0.05) is 17.9 Å². The van der Waals surface area contributed by atoms with Gasteiger partial charge in [-0.25, -0.2) is 4.79 Å². The number of rotatable bonds is 4. The quantitative estimate of drug-likeness (QED) is 0.701. The van der Waals surface area contributed by atoms with Gasteiger partial charge in [-0.15, -0.1) is 11.6 Å². The first-order chi connectivity index (χ1) is 11.3. The number of aliphatic carboxylic acids is 1. The number of fused-ring (bicyclic) bond motifs is 3. The molecule has 0 saturated carbocycles. The highest BCUT2D eigenvalue weighted by atomic mass is 35.5. The molecule has 1 N–H and O–H groups in total. The molecule has 0 saturated heterocycles. The Balaban J connectivity index is 2.25. The van der Waals surface area contributed by atoms with E-state index in [0.717, 1.165) is 17.2 Å². The van der Waals surface area contributed by atoms with Crippen LogP contribution in [-0.4, -0.2) is 17.7 Å². The third-order valence-electron chi connectivity index (χ3n) is 3.90. The number of ether oxygens (including phenoxy) is 1. The smallest absolute Gasteiger partial charge is 0.419 e. The summed E-state index contributed by atoms with van der Waals surface area (Å²) in [6, 6.07) is 8.17. The number of hydrogen-bond acceptors (Lipinski definition) is 2. The van der Waals surface area contributed by atoms with Crippen LogP contribution in [0.25, 0.3) is 11.1 Å². The van der Waals surface area contributed by atoms with Crippen LogP contribution in [0.4, 0.5) is 13.2 Å². The number of carboxylic acid groups (broad SMARTS) is 1. The number of carbonyl (C=O) groups is 1. The SMILES string of the molecule is O=C(O)COc1c(C(F)(F)F)cc(CCl)c2c1Cc1ccccc1-2. The fourth-order valence-corrected chi connectivity index (χ4v) is 3.22. The summed E-state index contributed by atoms with van der Waals surface area (Å²) in [5.41, 5.74) is 1.96. The van der Waals surface area contributed by atoms with Crippen LogP contribution in [0, 0.1) is 0 Å². The molecule has 0 amide bonds. The Morgan fingerprint density at radius 2 is 2.00 bits per heavy atom. The Morgan fingerprint density at radius 3 is 2.62 bits per heavy atom. The van der Waals surface area contributed by atoms with Gasteiger partial charge >= 0.3 is 12.1 Å². The zero-order chi connectivity index (χ0) is 17.5. The summed E-state index contributed by atoms with van der Waals surface area (Å²) in [6.07, 6.45) is -4.42. The molecule has 24 heavy (non-hydrogen) atoms. The molecule has 2 aromatic carbocycles. The van der Waals surface area contributed by atoms with Gasteiger partial charge in [0.05, 0.1) is 5.56 Å². The highest BCUT2D eigenvalue weighted by Gasteiger charge is 2.39. The highest BCUT2D eigenvalue weighted by Crippen LogP contribution is 2.49. The maximum atomic E-state index is 13.4. The molecule has 0 aliphatic heterocycles. The number of alkyl halides is 4. The molecule has 0 aromatic heterocycles. The second-order valence-electron chi connectivity index (χ2n) is 5.41. The molecule has 0 fully saturated rings. The first-order valence-electron chi connectivity index (χ1n) is 7.07. The van der Waals surface area contributed by atoms with Crippen molar-refractivity contribution in [2.45, 2.75) is 18.5 Å². The van der Waals surface area contributed by atoms with E-state index in [2.05, 4.69) is 0 Å². The Hall–Kier alpha value is -2.21. The molecule has 3 rings (SSSR count). The van der Waals surface area contributed by atoms with Crippen LogP contribution in [0.3, 0.4) is 0 Å². The predicted molar refractivity (Wildman–Crippen MR) is 82.4 cm³/mol. The van der Waals surface area contributed by atoms with E-state index in [0.29, 0.717) is 16.7 Å². The fraction of sp³-hybridized carbons (Fsp3) is 0.235. The van der Waals surface area contributed by atoms with Crippen LogP contribution >= 0.6 is 11.6 Å². The molecule has 1 aliphatic carbocycles. The van der Waals surface area contributed by atoms with E-state index in [9.17, 15) is 18.0 Å². The van der Waals surface area contributed by atoms with Crippen LogP contribution in [-0.2, 0) is 23.3 Å². The minimum atomic E-state index is -4.67. The van der Waals surface area contributed by atoms with Crippen molar-refractivity contribution in [3.8, 4) is 16.9 Å². The molecule has 0 atom stereocenters. The van der Waals surface area contributed by atoms with Crippen molar-refractivity contribution in [3.63, 3.8) is 0 Å². The maximum absolute atomic E-state index is 13.4. The van der Waals surface area contributed by atoms with Crippen molar-refractivity contribution in [1.29, 1.82) is 0 Å². The van der Waals surface area contributed by atoms with E-state index in [1.807, 2.05) is 12.1 Å². The number of benzene rings is 2. The fourth-order valence-electron chi connectivity index (χ4n) is 3.01. The van der Waals surface area contributed by atoms with Crippen molar-refractivity contribution in [2.75, 3.05) is 6.61 Å². The normalized spacial score (nSPS) is 12.7. The lowest BCUT2D eigenvalue weighted by molar-refractivity contribution is -0.143. The topological polar surface area (TPSA) is 46.5 Å². The zero-order valence-electron chi connectivity index (χ0n) is 12.3. The Labute approximate surface area is 140 Å². The second kappa shape index (κ2) is 6.02. The van der Waals surface area contributed by atoms with Crippen molar-refractivity contribution in [3.05, 3.63) is 52.6 Å². The summed E-state index contributed by atoms with van der Waals surface area (Å²) in [7, 11) is 0. The van der Waals surface area contributed by atoms with E-state index >= 15 is 0 Å². The molecule has 126 valence electrons. The molecule has 0 radical (unpaired) electrons. The minimum Gasteiger partial charge on any atom is -0.481 e. The van der Waals surface area contributed by atoms with Crippen LogP contribution < -0.4 is 4.74 Å². The van der Waals surface area contributed by atoms with Gasteiger partial charge in [-0.3, -0.25) is 0 Å². The lowest BCUT2D eigenvalue weighted by Gasteiger charge is -2.19. The molecule has 1 aliphatic rings. The largest absolute Gasteiger partial charge is 0.481 e. The van der Waals surface area contributed by atoms with Gasteiger partial charge in [0.1, 0.15) is 5.75 Å². The molecular formula is C17H12ClF3O3. The van der Waals surface area contributed by atoms with Gasteiger partial charge in [-0.05, 0) is 28.3 Å². The van der Waals surface area contributed by atoms with Crippen LogP contribution in [0.15, 0.2) is 30.3 Å². The standard InChI is InChI=1S/C17H12ClF3O3/c18-7-10-6-13(17(19,20)21)16(24-8-14(22)23)12-5-9-3-1-2-4-11(9)15(10)12/h1-4,6H,5,7-8H2,(H,22,23). The van der Waals surface area contributed by atoms with Gasteiger partial charge in [-0.2, -0.15) is 13.2 Å². The number of carboxylic acids is 1. The average Bonchev–Trinajstić information content (AvgIpc) is 2.90. The Morgan fingerprint density at radius 1 is 1.29 bits per heavy atom. The van der Waals surface area contributed by atoms with Crippen LogP contribution in [0.2, 0.25) is 0 Å². The maximum Gasteiger partial charge on any atom is 0.419 e. The molecule has 3 nitrogen and oxygen atoms in total. The van der Waals surface area contributed by atoms with Gasteiger partial charge in [0.15, 0.2) is 6.61 Å². The van der Waals surface area contributed by atoms with Gasteiger partial charge in [-0.1, -0.05) is 24.3 Å². The molecule has 0 bridgehead atoms. The molecule has 2 aromatic rings. The molecule has 7 heteroatoms. The van der Waals surface area contributed by atoms with Crippen molar-refractivity contribution in [1.82, 2.24) is 0 Å². The van der Waals surface area contributed by atoms with E-state index in [1.165, 1.54) is 0 Å².